The van der Waals surface area contributed by atoms with Gasteiger partial charge < -0.3 is 19.1 Å². The number of benzene rings is 3. The fourth-order valence-electron chi connectivity index (χ4n) is 7.02. The van der Waals surface area contributed by atoms with Gasteiger partial charge in [0.25, 0.3) is 15.9 Å². The standard InChI is InChI=1S/C34H39FN4O7S/c1-36(2)32(40)28-8-6-17-38(28)34(26-18-22(9-13-29(26)45-4)21-37-15-7-16-37)25-19-23(35)10-12-27(25)39(33(34)41)47(42,43)31-14-11-24(44-3)20-30(31)46-5/h9-14,18-20,28H,6-8,15-17,21H2,1-5H3/t28-,34?/m0/s1. The lowest BCUT2D eigenvalue weighted by Crippen LogP contribution is -2.59. The number of anilines is 1. The van der Waals surface area contributed by atoms with Gasteiger partial charge in [0.15, 0.2) is 5.54 Å². The second-order valence-corrected chi connectivity index (χ2v) is 14.0. The molecule has 0 bridgehead atoms. The van der Waals surface area contributed by atoms with Crippen LogP contribution in [-0.4, -0.2) is 96.0 Å². The van der Waals surface area contributed by atoms with E-state index in [4.69, 9.17) is 14.2 Å². The highest BCUT2D eigenvalue weighted by molar-refractivity contribution is 7.93. The molecule has 2 amide bonds. The molecule has 11 nitrogen and oxygen atoms in total. The number of halogens is 1. The minimum absolute atomic E-state index is 0.0209. The first kappa shape index (κ1) is 32.7. The summed E-state index contributed by atoms with van der Waals surface area (Å²) in [6, 6.07) is 12.5. The molecule has 3 aliphatic rings. The van der Waals surface area contributed by atoms with Crippen molar-refractivity contribution in [2.24, 2.45) is 0 Å². The van der Waals surface area contributed by atoms with Crippen molar-refractivity contribution >= 4 is 27.5 Å². The van der Waals surface area contributed by atoms with Gasteiger partial charge in [-0.1, -0.05) is 6.07 Å². The molecule has 3 aliphatic heterocycles. The first-order valence-electron chi connectivity index (χ1n) is 15.5. The zero-order valence-electron chi connectivity index (χ0n) is 27.2. The fraction of sp³-hybridized carbons (Fsp3) is 0.412. The Kier molecular flexibility index (Phi) is 8.66. The van der Waals surface area contributed by atoms with Crippen molar-refractivity contribution in [3.63, 3.8) is 0 Å². The molecule has 0 aromatic heterocycles. The zero-order chi connectivity index (χ0) is 33.7. The van der Waals surface area contributed by atoms with Crippen molar-refractivity contribution in [2.45, 2.75) is 42.3 Å². The van der Waals surface area contributed by atoms with Crippen molar-refractivity contribution < 1.29 is 36.6 Å². The zero-order valence-corrected chi connectivity index (χ0v) is 28.0. The lowest BCUT2D eigenvalue weighted by molar-refractivity contribution is -0.138. The molecule has 3 aromatic carbocycles. The monoisotopic (exact) mass is 666 g/mol. The van der Waals surface area contributed by atoms with E-state index >= 15 is 9.18 Å². The van der Waals surface area contributed by atoms with Crippen LogP contribution < -0.4 is 18.5 Å². The molecule has 47 heavy (non-hydrogen) atoms. The molecular weight excluding hydrogens is 627 g/mol. The number of amides is 2. The second kappa shape index (κ2) is 12.4. The van der Waals surface area contributed by atoms with Crippen LogP contribution in [0.3, 0.4) is 0 Å². The summed E-state index contributed by atoms with van der Waals surface area (Å²) in [5.41, 5.74) is -0.636. The third kappa shape index (κ3) is 5.20. The number of sulfonamides is 1. The number of hydrogen-bond acceptors (Lipinski definition) is 9. The van der Waals surface area contributed by atoms with Crippen LogP contribution in [0.25, 0.3) is 0 Å². The third-order valence-corrected chi connectivity index (χ3v) is 11.1. The maximum Gasteiger partial charge on any atom is 0.274 e. The SMILES string of the molecule is COc1ccc(S(=O)(=O)N2C(=O)C(c3cc(CN4CCC4)ccc3OC)(N3CCC[C@H]3C(=O)N(C)C)c3cc(F)ccc32)c(OC)c1. The van der Waals surface area contributed by atoms with Crippen LogP contribution in [0.4, 0.5) is 10.1 Å². The van der Waals surface area contributed by atoms with E-state index < -0.39 is 33.3 Å². The van der Waals surface area contributed by atoms with Gasteiger partial charge in [-0.15, -0.1) is 0 Å². The van der Waals surface area contributed by atoms with Crippen molar-refractivity contribution in [3.8, 4) is 17.2 Å². The fourth-order valence-corrected chi connectivity index (χ4v) is 8.62. The molecule has 2 atom stereocenters. The molecule has 2 fully saturated rings. The number of hydrogen-bond donors (Lipinski definition) is 0. The quantitative estimate of drug-likeness (QED) is 0.321. The van der Waals surface area contributed by atoms with Gasteiger partial charge in [-0.2, -0.15) is 0 Å². The highest BCUT2D eigenvalue weighted by Crippen LogP contribution is 2.55. The van der Waals surface area contributed by atoms with Crippen LogP contribution in [0, 0.1) is 5.82 Å². The number of ether oxygens (including phenoxy) is 3. The van der Waals surface area contributed by atoms with E-state index in [1.807, 2.05) is 12.1 Å². The summed E-state index contributed by atoms with van der Waals surface area (Å²) >= 11 is 0. The predicted molar refractivity (Wildman–Crippen MR) is 173 cm³/mol. The normalized spacial score (nSPS) is 21.4. The van der Waals surface area contributed by atoms with Crippen LogP contribution in [0.2, 0.25) is 0 Å². The Morgan fingerprint density at radius 2 is 1.66 bits per heavy atom. The van der Waals surface area contributed by atoms with Gasteiger partial charge >= 0.3 is 0 Å². The molecule has 6 rings (SSSR count). The van der Waals surface area contributed by atoms with Crippen LogP contribution in [0.1, 0.15) is 36.0 Å². The molecule has 0 N–H and O–H groups in total. The Hall–Kier alpha value is -4.20. The molecule has 3 heterocycles. The van der Waals surface area contributed by atoms with Crippen LogP contribution in [0.5, 0.6) is 17.2 Å². The Bertz CT molecular complexity index is 1830. The van der Waals surface area contributed by atoms with Gasteiger partial charge in [-0.3, -0.25) is 19.4 Å². The minimum Gasteiger partial charge on any atom is -0.497 e. The number of likely N-dealkylation sites (N-methyl/N-ethyl adjacent to an activating group) is 1. The van der Waals surface area contributed by atoms with Gasteiger partial charge in [-0.25, -0.2) is 17.1 Å². The number of likely N-dealkylation sites (tertiary alicyclic amines) is 2. The Balaban J connectivity index is 1.66. The average Bonchev–Trinajstić information content (AvgIpc) is 3.62. The first-order chi connectivity index (χ1) is 22.5. The van der Waals surface area contributed by atoms with E-state index in [9.17, 15) is 13.2 Å². The molecular formula is C34H39FN4O7S. The van der Waals surface area contributed by atoms with E-state index in [-0.39, 0.29) is 34.3 Å². The van der Waals surface area contributed by atoms with Crippen LogP contribution in [0.15, 0.2) is 59.5 Å². The maximum atomic E-state index is 15.5. The minimum atomic E-state index is -4.68. The average molecular weight is 667 g/mol. The smallest absolute Gasteiger partial charge is 0.274 e. The summed E-state index contributed by atoms with van der Waals surface area (Å²) in [6.45, 7) is 2.73. The lowest BCUT2D eigenvalue weighted by Gasteiger charge is -2.42. The number of carbonyl (C=O) groups is 2. The third-order valence-electron chi connectivity index (χ3n) is 9.37. The Morgan fingerprint density at radius 3 is 2.30 bits per heavy atom. The van der Waals surface area contributed by atoms with E-state index in [1.165, 1.54) is 56.6 Å². The number of carbonyl (C=O) groups excluding carboxylic acids is 2. The first-order valence-corrected chi connectivity index (χ1v) is 16.9. The summed E-state index contributed by atoms with van der Waals surface area (Å²) in [4.78, 5) is 34.4. The summed E-state index contributed by atoms with van der Waals surface area (Å²) in [5.74, 6) is -1.14. The second-order valence-electron chi connectivity index (χ2n) is 12.2. The molecule has 0 radical (unpaired) electrons. The van der Waals surface area contributed by atoms with Gasteiger partial charge in [0.2, 0.25) is 5.91 Å². The molecule has 3 aromatic rings. The van der Waals surface area contributed by atoms with E-state index in [1.54, 1.807) is 25.1 Å². The number of fused-ring (bicyclic) bond motifs is 1. The van der Waals surface area contributed by atoms with Crippen LogP contribution in [-0.2, 0) is 31.7 Å². The van der Waals surface area contributed by atoms with Gasteiger partial charge in [0.1, 0.15) is 28.0 Å². The molecule has 13 heteroatoms. The largest absolute Gasteiger partial charge is 0.497 e. The molecule has 0 aliphatic carbocycles. The molecule has 250 valence electrons. The molecule has 2 saturated heterocycles. The van der Waals surface area contributed by atoms with Crippen molar-refractivity contribution in [2.75, 3.05) is 59.4 Å². The van der Waals surface area contributed by atoms with Crippen LogP contribution >= 0.6 is 0 Å². The number of rotatable bonds is 10. The molecule has 0 saturated carbocycles. The number of nitrogens with zero attached hydrogens (tertiary/aromatic N) is 4. The number of methoxy groups -OCH3 is 3. The topological polar surface area (TPSA) is 109 Å². The van der Waals surface area contributed by atoms with E-state index in [0.29, 0.717) is 36.4 Å². The van der Waals surface area contributed by atoms with Crippen molar-refractivity contribution in [1.82, 2.24) is 14.7 Å². The maximum absolute atomic E-state index is 15.5. The molecule has 1 unspecified atom stereocenters. The molecule has 0 spiro atoms. The van der Waals surface area contributed by atoms with Crippen molar-refractivity contribution in [3.05, 3.63) is 77.1 Å². The Labute approximate surface area is 274 Å². The highest BCUT2D eigenvalue weighted by atomic mass is 32.2. The summed E-state index contributed by atoms with van der Waals surface area (Å²) in [5, 5.41) is 0. The van der Waals surface area contributed by atoms with E-state index in [0.717, 1.165) is 35.4 Å². The summed E-state index contributed by atoms with van der Waals surface area (Å²) in [6.07, 6.45) is 2.06. The lowest BCUT2D eigenvalue weighted by atomic mass is 9.80. The van der Waals surface area contributed by atoms with Gasteiger partial charge in [-0.05, 0) is 80.4 Å². The summed E-state index contributed by atoms with van der Waals surface area (Å²) < 4.78 is 62.1. The van der Waals surface area contributed by atoms with Crippen molar-refractivity contribution in [1.29, 1.82) is 0 Å². The Morgan fingerprint density at radius 1 is 0.915 bits per heavy atom. The highest BCUT2D eigenvalue weighted by Gasteiger charge is 2.63. The predicted octanol–water partition coefficient (Wildman–Crippen LogP) is 3.59. The van der Waals surface area contributed by atoms with Gasteiger partial charge in [0.05, 0.1) is 33.1 Å². The summed E-state index contributed by atoms with van der Waals surface area (Å²) in [7, 11) is 2.83. The van der Waals surface area contributed by atoms with E-state index in [2.05, 4.69) is 4.90 Å². The van der Waals surface area contributed by atoms with Gasteiger partial charge in [0, 0.05) is 44.4 Å².